The molecule has 0 aliphatic heterocycles. The van der Waals surface area contributed by atoms with Crippen LogP contribution in [0.3, 0.4) is 0 Å². The molecule has 2 aromatic carbocycles. The summed E-state index contributed by atoms with van der Waals surface area (Å²) in [4.78, 5) is 30.5. The number of benzene rings is 2. The predicted octanol–water partition coefficient (Wildman–Crippen LogP) is 6.11. The zero-order valence-corrected chi connectivity index (χ0v) is 17.3. The van der Waals surface area contributed by atoms with Crippen molar-refractivity contribution in [3.05, 3.63) is 119 Å². The van der Waals surface area contributed by atoms with Crippen molar-refractivity contribution in [2.45, 2.75) is 0 Å². The fourth-order valence-corrected chi connectivity index (χ4v) is 3.14. The van der Waals surface area contributed by atoms with E-state index in [1.807, 2.05) is 72.8 Å². The summed E-state index contributed by atoms with van der Waals surface area (Å²) < 4.78 is 0. The Bertz CT molecular complexity index is 1180. The topological polar surface area (TPSA) is 59.9 Å². The molecule has 154 valence electrons. The average molecular weight is 416 g/mol. The number of hydrogen-bond donors (Lipinski definition) is 0. The summed E-state index contributed by atoms with van der Waals surface area (Å²) in [5.41, 5.74) is 6.93. The maximum absolute atomic E-state index is 10.8. The van der Waals surface area contributed by atoms with Gasteiger partial charge in [-0.2, -0.15) is 0 Å². The molecule has 0 aliphatic rings. The van der Waals surface area contributed by atoms with Gasteiger partial charge in [0, 0.05) is 23.5 Å². The molecule has 0 N–H and O–H groups in total. The van der Waals surface area contributed by atoms with Crippen molar-refractivity contribution in [2.24, 2.45) is 0 Å². The zero-order valence-electron chi connectivity index (χ0n) is 17.3. The average Bonchev–Trinajstić information content (AvgIpc) is 2.87. The molecule has 0 bridgehead atoms. The monoisotopic (exact) mass is 416 g/mol. The van der Waals surface area contributed by atoms with E-state index < -0.39 is 0 Å². The van der Waals surface area contributed by atoms with Crippen molar-refractivity contribution in [3.63, 3.8) is 0 Å². The van der Waals surface area contributed by atoms with Gasteiger partial charge in [-0.05, 0) is 46.5 Å². The third-order valence-corrected chi connectivity index (χ3v) is 4.91. The van der Waals surface area contributed by atoms with Gasteiger partial charge < -0.3 is 0 Å². The fraction of sp³-hybridized carbons (Fsp3) is 0. The summed E-state index contributed by atoms with van der Waals surface area (Å²) in [5, 5.41) is 0. The van der Waals surface area contributed by atoms with Crippen LogP contribution in [0.1, 0.15) is 43.0 Å². The van der Waals surface area contributed by atoms with Gasteiger partial charge in [-0.3, -0.25) is 19.6 Å². The predicted molar refractivity (Wildman–Crippen MR) is 129 cm³/mol. The second-order valence-corrected chi connectivity index (χ2v) is 7.18. The quantitative estimate of drug-likeness (QED) is 0.341. The summed E-state index contributed by atoms with van der Waals surface area (Å²) in [5.74, 6) is 0. The summed E-state index contributed by atoms with van der Waals surface area (Å²) in [7, 11) is 0. The second-order valence-electron chi connectivity index (χ2n) is 7.18. The SMILES string of the molecule is O=Cc1ccc(C=Cc2ccnc(-c3cc(C=Cc4ccc(C=O)cc4)ccn3)c2)cc1. The molecule has 2 aromatic heterocycles. The molecule has 0 unspecified atom stereocenters. The number of hydrogen-bond acceptors (Lipinski definition) is 4. The highest BCUT2D eigenvalue weighted by molar-refractivity contribution is 5.78. The Kier molecular flexibility index (Phi) is 6.54. The van der Waals surface area contributed by atoms with Gasteiger partial charge in [-0.1, -0.05) is 72.8 Å². The Hall–Kier alpha value is -4.44. The number of pyridine rings is 2. The standard InChI is InChI=1S/C28H20N2O2/c31-19-25-9-3-21(4-10-25)1-7-23-13-15-29-27(17-23)28-18-24(14-16-30-28)8-2-22-5-11-26(20-32)12-6-22/h1-20H. The van der Waals surface area contributed by atoms with Gasteiger partial charge in [0.2, 0.25) is 0 Å². The van der Waals surface area contributed by atoms with E-state index in [1.54, 1.807) is 36.7 Å². The molecule has 4 nitrogen and oxygen atoms in total. The Morgan fingerprint density at radius 3 is 1.16 bits per heavy atom. The number of aldehydes is 2. The van der Waals surface area contributed by atoms with E-state index in [-0.39, 0.29) is 0 Å². The van der Waals surface area contributed by atoms with Gasteiger partial charge >= 0.3 is 0 Å². The summed E-state index contributed by atoms with van der Waals surface area (Å²) in [6.45, 7) is 0. The molecular formula is C28H20N2O2. The molecule has 0 spiro atoms. The number of carbonyl (C=O) groups excluding carboxylic acids is 2. The molecule has 0 aliphatic carbocycles. The zero-order chi connectivity index (χ0) is 22.2. The van der Waals surface area contributed by atoms with Crippen LogP contribution in [-0.2, 0) is 0 Å². The second kappa shape index (κ2) is 10.0. The Morgan fingerprint density at radius 1 is 0.438 bits per heavy atom. The van der Waals surface area contributed by atoms with E-state index in [0.29, 0.717) is 11.1 Å². The lowest BCUT2D eigenvalue weighted by Gasteiger charge is -2.03. The highest BCUT2D eigenvalue weighted by Crippen LogP contribution is 2.19. The molecule has 0 fully saturated rings. The van der Waals surface area contributed by atoms with Gasteiger partial charge in [-0.15, -0.1) is 0 Å². The molecule has 0 saturated carbocycles. The fourth-order valence-electron chi connectivity index (χ4n) is 3.14. The van der Waals surface area contributed by atoms with Gasteiger partial charge in [-0.25, -0.2) is 0 Å². The van der Waals surface area contributed by atoms with Gasteiger partial charge in [0.25, 0.3) is 0 Å². The van der Waals surface area contributed by atoms with E-state index in [4.69, 9.17) is 0 Å². The summed E-state index contributed by atoms with van der Waals surface area (Å²) in [6, 6.07) is 22.7. The minimum atomic E-state index is 0.659. The van der Waals surface area contributed by atoms with Crippen molar-refractivity contribution in [1.29, 1.82) is 0 Å². The maximum Gasteiger partial charge on any atom is 0.150 e. The Morgan fingerprint density at radius 2 is 0.781 bits per heavy atom. The van der Waals surface area contributed by atoms with Crippen molar-refractivity contribution < 1.29 is 9.59 Å². The molecule has 2 heterocycles. The van der Waals surface area contributed by atoms with E-state index in [1.165, 1.54) is 0 Å². The number of aromatic nitrogens is 2. The lowest BCUT2D eigenvalue weighted by Crippen LogP contribution is -1.89. The van der Waals surface area contributed by atoms with E-state index in [9.17, 15) is 9.59 Å². The van der Waals surface area contributed by atoms with Crippen LogP contribution in [0.25, 0.3) is 35.7 Å². The molecule has 4 aromatic rings. The number of rotatable bonds is 7. The van der Waals surface area contributed by atoms with E-state index in [0.717, 1.165) is 46.2 Å². The van der Waals surface area contributed by atoms with Gasteiger partial charge in [0.15, 0.2) is 0 Å². The van der Waals surface area contributed by atoms with Crippen LogP contribution < -0.4 is 0 Å². The maximum atomic E-state index is 10.8. The molecule has 0 saturated heterocycles. The van der Waals surface area contributed by atoms with E-state index >= 15 is 0 Å². The first kappa shape index (κ1) is 20.8. The lowest BCUT2D eigenvalue weighted by atomic mass is 10.1. The smallest absolute Gasteiger partial charge is 0.150 e. The van der Waals surface area contributed by atoms with Crippen LogP contribution in [0.4, 0.5) is 0 Å². The number of carbonyl (C=O) groups is 2. The van der Waals surface area contributed by atoms with Crippen LogP contribution in [-0.4, -0.2) is 22.5 Å². The normalized spacial score (nSPS) is 11.1. The van der Waals surface area contributed by atoms with E-state index in [2.05, 4.69) is 9.97 Å². The molecule has 32 heavy (non-hydrogen) atoms. The minimum Gasteiger partial charge on any atom is -0.298 e. The van der Waals surface area contributed by atoms with Crippen LogP contribution in [0, 0.1) is 0 Å². The van der Waals surface area contributed by atoms with Crippen molar-refractivity contribution in [1.82, 2.24) is 9.97 Å². The van der Waals surface area contributed by atoms with Crippen LogP contribution in [0.15, 0.2) is 85.2 Å². The summed E-state index contributed by atoms with van der Waals surface area (Å²) >= 11 is 0. The van der Waals surface area contributed by atoms with Gasteiger partial charge in [0.05, 0.1) is 11.4 Å². The lowest BCUT2D eigenvalue weighted by molar-refractivity contribution is 0.111. The first-order chi connectivity index (χ1) is 15.7. The molecule has 0 atom stereocenters. The van der Waals surface area contributed by atoms with Gasteiger partial charge in [0.1, 0.15) is 12.6 Å². The third-order valence-electron chi connectivity index (χ3n) is 4.91. The molecule has 0 radical (unpaired) electrons. The highest BCUT2D eigenvalue weighted by atomic mass is 16.1. The first-order valence-electron chi connectivity index (χ1n) is 10.1. The van der Waals surface area contributed by atoms with Crippen LogP contribution >= 0.6 is 0 Å². The molecule has 4 rings (SSSR count). The van der Waals surface area contributed by atoms with Crippen molar-refractivity contribution in [3.8, 4) is 11.4 Å². The Labute approximate surface area is 186 Å². The molecule has 4 heteroatoms. The van der Waals surface area contributed by atoms with Crippen molar-refractivity contribution in [2.75, 3.05) is 0 Å². The number of nitrogens with zero attached hydrogens (tertiary/aromatic N) is 2. The summed E-state index contributed by atoms with van der Waals surface area (Å²) in [6.07, 6.45) is 13.2. The first-order valence-corrected chi connectivity index (χ1v) is 10.1. The van der Waals surface area contributed by atoms with Crippen LogP contribution in [0.2, 0.25) is 0 Å². The third kappa shape index (κ3) is 5.37. The van der Waals surface area contributed by atoms with Crippen LogP contribution in [0.5, 0.6) is 0 Å². The molecule has 0 amide bonds. The highest BCUT2D eigenvalue weighted by Gasteiger charge is 2.02. The largest absolute Gasteiger partial charge is 0.298 e. The Balaban J connectivity index is 1.52. The minimum absolute atomic E-state index is 0.659. The molecular weight excluding hydrogens is 396 g/mol. The van der Waals surface area contributed by atoms with Crippen molar-refractivity contribution >= 4 is 36.9 Å².